The number of ether oxygens (including phenoxy) is 1. The standard InChI is InChI=1S/C14H15F4NO5S/c1-8-9(13(20)21)4-3-7-19(8)25(22,23)11-6-2-5-10(12(11)15)24-14(16,17)18/h2,5-6,8-9H,3-4,7H2,1H3,(H,20,21)/t8-,9-/m1/s1. The summed E-state index contributed by atoms with van der Waals surface area (Å²) in [7, 11) is -4.54. The molecule has 0 spiro atoms. The quantitative estimate of drug-likeness (QED) is 0.806. The molecule has 1 heterocycles. The van der Waals surface area contributed by atoms with Gasteiger partial charge in [0.1, 0.15) is 4.90 Å². The lowest BCUT2D eigenvalue weighted by molar-refractivity contribution is -0.275. The summed E-state index contributed by atoms with van der Waals surface area (Å²) in [4.78, 5) is 10.2. The highest BCUT2D eigenvalue weighted by atomic mass is 32.2. The van der Waals surface area contributed by atoms with Crippen molar-refractivity contribution in [3.8, 4) is 5.75 Å². The summed E-state index contributed by atoms with van der Waals surface area (Å²) >= 11 is 0. The van der Waals surface area contributed by atoms with Gasteiger partial charge in [0.15, 0.2) is 11.6 Å². The van der Waals surface area contributed by atoms with Crippen LogP contribution >= 0.6 is 0 Å². The Morgan fingerprint density at radius 1 is 1.36 bits per heavy atom. The third kappa shape index (κ3) is 4.03. The Morgan fingerprint density at radius 3 is 2.56 bits per heavy atom. The predicted octanol–water partition coefficient (Wildman–Crippen LogP) is 2.60. The van der Waals surface area contributed by atoms with Gasteiger partial charge in [0.25, 0.3) is 0 Å². The molecule has 1 fully saturated rings. The summed E-state index contributed by atoms with van der Waals surface area (Å²) in [5.74, 6) is -5.12. The SMILES string of the molecule is C[C@@H]1[C@H](C(=O)O)CCCN1S(=O)(=O)c1cccc(OC(F)(F)F)c1F. The van der Waals surface area contributed by atoms with Crippen LogP contribution in [0.1, 0.15) is 19.8 Å². The number of carbonyl (C=O) groups is 1. The minimum atomic E-state index is -5.18. The van der Waals surface area contributed by atoms with E-state index in [-0.39, 0.29) is 19.4 Å². The molecule has 0 aliphatic carbocycles. The molecule has 0 bridgehead atoms. The van der Waals surface area contributed by atoms with Gasteiger partial charge in [-0.25, -0.2) is 12.8 Å². The Morgan fingerprint density at radius 2 is 2.00 bits per heavy atom. The van der Waals surface area contributed by atoms with Crippen LogP contribution in [0.2, 0.25) is 0 Å². The molecule has 6 nitrogen and oxygen atoms in total. The van der Waals surface area contributed by atoms with Crippen molar-refractivity contribution in [2.24, 2.45) is 5.92 Å². The van der Waals surface area contributed by atoms with Gasteiger partial charge in [-0.1, -0.05) is 6.07 Å². The number of sulfonamides is 1. The van der Waals surface area contributed by atoms with E-state index >= 15 is 0 Å². The predicted molar refractivity (Wildman–Crippen MR) is 76.8 cm³/mol. The summed E-state index contributed by atoms with van der Waals surface area (Å²) in [5, 5.41) is 9.15. The molecule has 11 heteroatoms. The lowest BCUT2D eigenvalue weighted by Gasteiger charge is -2.36. The smallest absolute Gasteiger partial charge is 0.481 e. The van der Waals surface area contributed by atoms with Gasteiger partial charge in [-0.05, 0) is 31.9 Å². The number of carboxylic acid groups (broad SMARTS) is 1. The molecule has 0 radical (unpaired) electrons. The zero-order valence-corrected chi connectivity index (χ0v) is 13.8. The van der Waals surface area contributed by atoms with Crippen LogP contribution in [0.15, 0.2) is 23.1 Å². The highest BCUT2D eigenvalue weighted by Crippen LogP contribution is 2.34. The summed E-state index contributed by atoms with van der Waals surface area (Å²) in [6.45, 7) is 1.31. The number of aliphatic carboxylic acids is 1. The molecule has 1 saturated heterocycles. The topological polar surface area (TPSA) is 83.9 Å². The molecule has 0 unspecified atom stereocenters. The molecular formula is C14H15F4NO5S. The minimum absolute atomic E-state index is 0.0585. The molecule has 25 heavy (non-hydrogen) atoms. The molecule has 140 valence electrons. The van der Waals surface area contributed by atoms with Crippen molar-refractivity contribution >= 4 is 16.0 Å². The van der Waals surface area contributed by atoms with E-state index in [1.54, 1.807) is 0 Å². The van der Waals surface area contributed by atoms with Gasteiger partial charge in [-0.3, -0.25) is 4.79 Å². The normalized spacial score (nSPS) is 22.6. The molecule has 1 aromatic carbocycles. The molecular weight excluding hydrogens is 370 g/mol. The first-order chi connectivity index (χ1) is 11.4. The van der Waals surface area contributed by atoms with E-state index < -0.39 is 50.8 Å². The van der Waals surface area contributed by atoms with Crippen molar-refractivity contribution in [1.29, 1.82) is 0 Å². The number of alkyl halides is 3. The molecule has 1 aliphatic rings. The highest BCUT2D eigenvalue weighted by Gasteiger charge is 2.41. The second-order valence-electron chi connectivity index (χ2n) is 5.56. The summed E-state index contributed by atoms with van der Waals surface area (Å²) in [6, 6.07) is 1.41. The monoisotopic (exact) mass is 385 g/mol. The molecule has 0 amide bonds. The van der Waals surface area contributed by atoms with Gasteiger partial charge in [-0.2, -0.15) is 4.31 Å². The van der Waals surface area contributed by atoms with E-state index in [2.05, 4.69) is 4.74 Å². The van der Waals surface area contributed by atoms with Gasteiger partial charge in [0.2, 0.25) is 10.0 Å². The fourth-order valence-corrected chi connectivity index (χ4v) is 4.59. The number of nitrogens with zero attached hydrogens (tertiary/aromatic N) is 1. The van der Waals surface area contributed by atoms with Gasteiger partial charge in [0, 0.05) is 12.6 Å². The minimum Gasteiger partial charge on any atom is -0.481 e. The second kappa shape index (κ2) is 6.79. The van der Waals surface area contributed by atoms with Crippen LogP contribution in [-0.4, -0.2) is 42.7 Å². The fourth-order valence-electron chi connectivity index (χ4n) is 2.80. The average Bonchev–Trinajstić information content (AvgIpc) is 2.47. The van der Waals surface area contributed by atoms with Crippen molar-refractivity contribution in [2.45, 2.75) is 37.1 Å². The number of halogens is 4. The van der Waals surface area contributed by atoms with Crippen LogP contribution < -0.4 is 4.74 Å². The lowest BCUT2D eigenvalue weighted by Crippen LogP contribution is -2.49. The lowest BCUT2D eigenvalue weighted by atomic mass is 9.92. The summed E-state index contributed by atoms with van der Waals surface area (Å²) in [6.07, 6.45) is -4.70. The van der Waals surface area contributed by atoms with Gasteiger partial charge in [-0.15, -0.1) is 13.2 Å². The van der Waals surface area contributed by atoms with Crippen LogP contribution in [-0.2, 0) is 14.8 Å². The van der Waals surface area contributed by atoms with Crippen LogP contribution in [0.3, 0.4) is 0 Å². The van der Waals surface area contributed by atoms with Crippen LogP contribution in [0.25, 0.3) is 0 Å². The van der Waals surface area contributed by atoms with Gasteiger partial charge in [0.05, 0.1) is 5.92 Å². The summed E-state index contributed by atoms with van der Waals surface area (Å²) in [5.41, 5.74) is 0. The zero-order valence-electron chi connectivity index (χ0n) is 13.0. The first-order valence-corrected chi connectivity index (χ1v) is 8.68. The first kappa shape index (κ1) is 19.4. The Bertz CT molecular complexity index is 765. The van der Waals surface area contributed by atoms with E-state index in [1.165, 1.54) is 6.92 Å². The van der Waals surface area contributed by atoms with E-state index in [0.29, 0.717) is 6.07 Å². The number of piperidine rings is 1. The first-order valence-electron chi connectivity index (χ1n) is 7.24. The maximum absolute atomic E-state index is 14.3. The Labute approximate surface area is 141 Å². The number of benzene rings is 1. The van der Waals surface area contributed by atoms with Crippen molar-refractivity contribution in [3.63, 3.8) is 0 Å². The van der Waals surface area contributed by atoms with Crippen molar-refractivity contribution in [1.82, 2.24) is 4.31 Å². The molecule has 0 saturated carbocycles. The highest BCUT2D eigenvalue weighted by molar-refractivity contribution is 7.89. The number of carboxylic acids is 1. The maximum Gasteiger partial charge on any atom is 0.573 e. The molecule has 1 aromatic rings. The number of rotatable bonds is 4. The molecule has 0 aromatic heterocycles. The molecule has 2 atom stereocenters. The van der Waals surface area contributed by atoms with Crippen LogP contribution in [0.5, 0.6) is 5.75 Å². The molecule has 1 N–H and O–H groups in total. The third-order valence-corrected chi connectivity index (χ3v) is 5.99. The van der Waals surface area contributed by atoms with E-state index in [9.17, 15) is 30.8 Å². The van der Waals surface area contributed by atoms with Crippen molar-refractivity contribution < 1.29 is 40.6 Å². The number of hydrogen-bond donors (Lipinski definition) is 1. The third-order valence-electron chi connectivity index (χ3n) is 3.99. The average molecular weight is 385 g/mol. The maximum atomic E-state index is 14.3. The Kier molecular flexibility index (Phi) is 5.28. The van der Waals surface area contributed by atoms with E-state index in [0.717, 1.165) is 16.4 Å². The fraction of sp³-hybridized carbons (Fsp3) is 0.500. The molecule has 2 rings (SSSR count). The second-order valence-corrected chi connectivity index (χ2v) is 7.42. The summed E-state index contributed by atoms with van der Waals surface area (Å²) < 4.78 is 80.8. The van der Waals surface area contributed by atoms with E-state index in [1.807, 2.05) is 0 Å². The Hall–Kier alpha value is -1.88. The van der Waals surface area contributed by atoms with E-state index in [4.69, 9.17) is 5.11 Å². The Balaban J connectivity index is 2.43. The van der Waals surface area contributed by atoms with Gasteiger partial charge < -0.3 is 9.84 Å². The van der Waals surface area contributed by atoms with Gasteiger partial charge >= 0.3 is 12.3 Å². The van der Waals surface area contributed by atoms with Crippen LogP contribution in [0, 0.1) is 11.7 Å². The van der Waals surface area contributed by atoms with Crippen molar-refractivity contribution in [3.05, 3.63) is 24.0 Å². The van der Waals surface area contributed by atoms with Crippen LogP contribution in [0.4, 0.5) is 17.6 Å². The largest absolute Gasteiger partial charge is 0.573 e. The molecule has 1 aliphatic heterocycles. The number of hydrogen-bond acceptors (Lipinski definition) is 4. The zero-order chi connectivity index (χ0) is 19.0. The van der Waals surface area contributed by atoms with Crippen molar-refractivity contribution in [2.75, 3.05) is 6.54 Å².